The quantitative estimate of drug-likeness (QED) is 0.614. The average Bonchev–Trinajstić information content (AvgIpc) is 3.35. The highest BCUT2D eigenvalue weighted by Gasteiger charge is 2.41. The summed E-state index contributed by atoms with van der Waals surface area (Å²) >= 11 is 0. The number of hydrogen-bond donors (Lipinski definition) is 1. The number of carbonyl (C=O) groups excluding carboxylic acids is 2. The third-order valence-corrected chi connectivity index (χ3v) is 7.47. The molecule has 2 aliphatic heterocycles. The average molecular weight is 486 g/mol. The summed E-state index contributed by atoms with van der Waals surface area (Å²) in [7, 11) is -4.02. The maximum Gasteiger partial charge on any atom is 0.325 e. The van der Waals surface area contributed by atoms with Crippen LogP contribution in [0, 0.1) is 11.3 Å². The number of nitrogens with one attached hydrogen (secondary N) is 1. The number of amides is 1. The lowest BCUT2D eigenvalue weighted by Gasteiger charge is -2.25. The second-order valence-electron chi connectivity index (χ2n) is 7.81. The number of fused-ring (bicyclic) bond motifs is 1. The predicted octanol–water partition coefficient (Wildman–Crippen LogP) is 2.05. The molecule has 0 unspecified atom stereocenters. The standard InChI is InChI=1S/C23H23N3O7S/c1-15(22(27)25-18-6-3-2-5-16(18)14-24)33-23(28)19-7-4-10-26(19)34(29,30)17-8-9-20-21(13-17)32-12-11-31-20/h2-3,5-6,8-9,13,15,19H,4,7,10-12H2,1H3,(H,25,27)/t15-,19-/m0/s1. The topological polar surface area (TPSA) is 135 Å². The molecule has 1 saturated heterocycles. The fourth-order valence-corrected chi connectivity index (χ4v) is 5.48. The number of nitriles is 1. The molecule has 2 aliphatic rings. The molecule has 178 valence electrons. The van der Waals surface area contributed by atoms with Gasteiger partial charge in [-0.1, -0.05) is 12.1 Å². The zero-order valence-electron chi connectivity index (χ0n) is 18.4. The number of ether oxygens (including phenoxy) is 3. The van der Waals surface area contributed by atoms with Crippen LogP contribution in [0.2, 0.25) is 0 Å². The van der Waals surface area contributed by atoms with E-state index in [1.54, 1.807) is 24.3 Å². The summed E-state index contributed by atoms with van der Waals surface area (Å²) in [6.45, 7) is 2.23. The van der Waals surface area contributed by atoms with Crippen molar-refractivity contribution in [3.05, 3.63) is 48.0 Å². The van der Waals surface area contributed by atoms with Crippen LogP contribution in [0.4, 0.5) is 5.69 Å². The van der Waals surface area contributed by atoms with Crippen molar-refractivity contribution in [2.24, 2.45) is 0 Å². The van der Waals surface area contributed by atoms with Gasteiger partial charge in [-0.25, -0.2) is 8.42 Å². The molecule has 1 N–H and O–H groups in total. The molecule has 0 radical (unpaired) electrons. The molecular weight excluding hydrogens is 462 g/mol. The second-order valence-corrected chi connectivity index (χ2v) is 9.70. The van der Waals surface area contributed by atoms with Gasteiger partial charge in [0.15, 0.2) is 17.6 Å². The molecule has 2 aromatic rings. The van der Waals surface area contributed by atoms with Crippen molar-refractivity contribution in [3.8, 4) is 17.6 Å². The van der Waals surface area contributed by atoms with Crippen molar-refractivity contribution in [1.82, 2.24) is 4.31 Å². The Morgan fingerprint density at radius 1 is 1.18 bits per heavy atom. The van der Waals surface area contributed by atoms with Gasteiger partial charge in [0, 0.05) is 12.6 Å². The minimum absolute atomic E-state index is 0.0182. The third-order valence-electron chi connectivity index (χ3n) is 5.56. The Hall–Kier alpha value is -3.62. The molecule has 10 nitrogen and oxygen atoms in total. The van der Waals surface area contributed by atoms with E-state index in [0.717, 1.165) is 4.31 Å². The Labute approximate surface area is 197 Å². The smallest absolute Gasteiger partial charge is 0.325 e. The minimum Gasteiger partial charge on any atom is -0.486 e. The van der Waals surface area contributed by atoms with Gasteiger partial charge >= 0.3 is 5.97 Å². The van der Waals surface area contributed by atoms with Crippen LogP contribution in [0.15, 0.2) is 47.4 Å². The van der Waals surface area contributed by atoms with Crippen molar-refractivity contribution in [1.29, 1.82) is 5.26 Å². The molecule has 1 fully saturated rings. The molecule has 0 aromatic heterocycles. The minimum atomic E-state index is -4.02. The molecule has 1 amide bonds. The highest BCUT2D eigenvalue weighted by atomic mass is 32.2. The molecule has 2 atom stereocenters. The van der Waals surface area contributed by atoms with E-state index in [4.69, 9.17) is 19.5 Å². The van der Waals surface area contributed by atoms with Crippen LogP contribution in [-0.2, 0) is 24.3 Å². The zero-order valence-corrected chi connectivity index (χ0v) is 19.2. The number of rotatable bonds is 6. The van der Waals surface area contributed by atoms with Crippen molar-refractivity contribution >= 4 is 27.6 Å². The summed E-state index contributed by atoms with van der Waals surface area (Å²) in [5.74, 6) is -0.654. The first-order valence-corrected chi connectivity index (χ1v) is 12.2. The maximum atomic E-state index is 13.3. The molecule has 0 bridgehead atoms. The van der Waals surface area contributed by atoms with Gasteiger partial charge in [-0.3, -0.25) is 9.59 Å². The lowest BCUT2D eigenvalue weighted by Crippen LogP contribution is -2.43. The molecule has 0 aliphatic carbocycles. The molecule has 0 spiro atoms. The normalized spacial score (nSPS) is 18.5. The SMILES string of the molecule is C[C@H](OC(=O)[C@@H]1CCCN1S(=O)(=O)c1ccc2c(c1)OCCO2)C(=O)Nc1ccccc1C#N. The first-order valence-electron chi connectivity index (χ1n) is 10.7. The monoisotopic (exact) mass is 485 g/mol. The maximum absolute atomic E-state index is 13.3. The van der Waals surface area contributed by atoms with Crippen LogP contribution in [0.3, 0.4) is 0 Å². The van der Waals surface area contributed by atoms with E-state index in [1.807, 2.05) is 6.07 Å². The van der Waals surface area contributed by atoms with E-state index < -0.39 is 34.0 Å². The van der Waals surface area contributed by atoms with E-state index in [2.05, 4.69) is 5.32 Å². The Morgan fingerprint density at radius 2 is 1.91 bits per heavy atom. The van der Waals surface area contributed by atoms with E-state index in [9.17, 15) is 18.0 Å². The van der Waals surface area contributed by atoms with Crippen LogP contribution in [0.25, 0.3) is 0 Å². The van der Waals surface area contributed by atoms with Gasteiger partial charge in [0.05, 0.1) is 16.1 Å². The fraction of sp³-hybridized carbons (Fsp3) is 0.348. The van der Waals surface area contributed by atoms with Crippen molar-refractivity contribution < 1.29 is 32.2 Å². The molecule has 11 heteroatoms. The number of nitrogens with zero attached hydrogens (tertiary/aromatic N) is 2. The number of esters is 1. The van der Waals surface area contributed by atoms with Gasteiger partial charge in [0.25, 0.3) is 5.91 Å². The first kappa shape index (κ1) is 23.5. The largest absolute Gasteiger partial charge is 0.486 e. The van der Waals surface area contributed by atoms with Crippen LogP contribution in [0.5, 0.6) is 11.5 Å². The Kier molecular flexibility index (Phi) is 6.72. The van der Waals surface area contributed by atoms with Gasteiger partial charge < -0.3 is 19.5 Å². The van der Waals surface area contributed by atoms with E-state index in [1.165, 1.54) is 25.1 Å². The molecule has 2 aromatic carbocycles. The summed E-state index contributed by atoms with van der Waals surface area (Å²) in [4.78, 5) is 25.3. The zero-order chi connectivity index (χ0) is 24.3. The summed E-state index contributed by atoms with van der Waals surface area (Å²) in [6.07, 6.45) is -0.452. The van der Waals surface area contributed by atoms with Gasteiger partial charge in [-0.05, 0) is 44.0 Å². The number of carbonyl (C=O) groups is 2. The summed E-state index contributed by atoms with van der Waals surface area (Å²) in [5.41, 5.74) is 0.559. The van der Waals surface area contributed by atoms with Crippen LogP contribution >= 0.6 is 0 Å². The van der Waals surface area contributed by atoms with E-state index >= 15 is 0 Å². The number of benzene rings is 2. The lowest BCUT2D eigenvalue weighted by atomic mass is 10.2. The van der Waals surface area contributed by atoms with Crippen molar-refractivity contribution in [2.45, 2.75) is 36.8 Å². The van der Waals surface area contributed by atoms with Gasteiger partial charge in [0.2, 0.25) is 10.0 Å². The molecular formula is C23H23N3O7S. The van der Waals surface area contributed by atoms with E-state index in [0.29, 0.717) is 36.8 Å². The second kappa shape index (κ2) is 9.70. The van der Waals surface area contributed by atoms with Crippen LogP contribution < -0.4 is 14.8 Å². The van der Waals surface area contributed by atoms with Gasteiger partial charge in [-0.2, -0.15) is 9.57 Å². The van der Waals surface area contributed by atoms with Gasteiger partial charge in [0.1, 0.15) is 25.3 Å². The molecule has 0 saturated carbocycles. The molecule has 4 rings (SSSR count). The molecule has 34 heavy (non-hydrogen) atoms. The lowest BCUT2D eigenvalue weighted by molar-refractivity contribution is -0.156. The van der Waals surface area contributed by atoms with Crippen LogP contribution in [0.1, 0.15) is 25.3 Å². The fourth-order valence-electron chi connectivity index (χ4n) is 3.81. The van der Waals surface area contributed by atoms with Gasteiger partial charge in [-0.15, -0.1) is 0 Å². The number of anilines is 1. The summed E-state index contributed by atoms with van der Waals surface area (Å²) < 4.78 is 43.9. The van der Waals surface area contributed by atoms with Crippen molar-refractivity contribution in [3.63, 3.8) is 0 Å². The predicted molar refractivity (Wildman–Crippen MR) is 120 cm³/mol. The summed E-state index contributed by atoms with van der Waals surface area (Å²) in [6, 6.07) is 11.7. The number of hydrogen-bond acceptors (Lipinski definition) is 8. The van der Waals surface area contributed by atoms with Crippen LogP contribution in [-0.4, -0.2) is 56.5 Å². The van der Waals surface area contributed by atoms with Crippen molar-refractivity contribution in [2.75, 3.05) is 25.1 Å². The number of para-hydroxylation sites is 1. The number of sulfonamides is 1. The molecule has 2 heterocycles. The Morgan fingerprint density at radius 3 is 2.68 bits per heavy atom. The Bertz CT molecular complexity index is 1260. The highest BCUT2D eigenvalue weighted by molar-refractivity contribution is 7.89. The first-order chi connectivity index (χ1) is 16.3. The third kappa shape index (κ3) is 4.69. The Balaban J connectivity index is 1.45. The summed E-state index contributed by atoms with van der Waals surface area (Å²) in [5, 5.41) is 11.7. The highest BCUT2D eigenvalue weighted by Crippen LogP contribution is 2.35. The van der Waals surface area contributed by atoms with E-state index in [-0.39, 0.29) is 23.4 Å².